The van der Waals surface area contributed by atoms with Crippen molar-refractivity contribution in [2.75, 3.05) is 13.1 Å². The topological polar surface area (TPSA) is 95.5 Å². The van der Waals surface area contributed by atoms with Crippen LogP contribution in [0.2, 0.25) is 0 Å². The van der Waals surface area contributed by atoms with E-state index in [9.17, 15) is 14.4 Å². The fourth-order valence-corrected chi connectivity index (χ4v) is 1.55. The molecule has 3 N–H and O–H groups in total. The summed E-state index contributed by atoms with van der Waals surface area (Å²) in [6.07, 6.45) is 0.618. The van der Waals surface area contributed by atoms with Crippen LogP contribution in [0.5, 0.6) is 0 Å². The van der Waals surface area contributed by atoms with Crippen molar-refractivity contribution < 1.29 is 19.5 Å². The van der Waals surface area contributed by atoms with Gasteiger partial charge >= 0.3 is 5.97 Å². The molecule has 1 aromatic carbocycles. The third kappa shape index (κ3) is 7.15. The van der Waals surface area contributed by atoms with Crippen molar-refractivity contribution in [2.24, 2.45) is 0 Å². The van der Waals surface area contributed by atoms with Crippen molar-refractivity contribution in [2.45, 2.75) is 19.3 Å². The fourth-order valence-electron chi connectivity index (χ4n) is 1.55. The summed E-state index contributed by atoms with van der Waals surface area (Å²) in [6.45, 7) is 0.193. The molecule has 0 fully saturated rings. The SMILES string of the molecule is O=C(O)CCCNC(=O)CNC(=O)Cc1ccccc1. The van der Waals surface area contributed by atoms with Gasteiger partial charge in [0.15, 0.2) is 0 Å². The van der Waals surface area contributed by atoms with Crippen LogP contribution in [-0.2, 0) is 20.8 Å². The third-order valence-electron chi connectivity index (χ3n) is 2.54. The molecule has 0 aromatic heterocycles. The first-order chi connectivity index (χ1) is 9.58. The molecule has 0 spiro atoms. The predicted molar refractivity (Wildman–Crippen MR) is 73.0 cm³/mol. The van der Waals surface area contributed by atoms with Gasteiger partial charge in [0.25, 0.3) is 0 Å². The molecule has 0 atom stereocenters. The van der Waals surface area contributed by atoms with Crippen molar-refractivity contribution in [1.82, 2.24) is 10.6 Å². The molecule has 0 unspecified atom stereocenters. The van der Waals surface area contributed by atoms with Gasteiger partial charge in [0, 0.05) is 13.0 Å². The van der Waals surface area contributed by atoms with Crippen molar-refractivity contribution in [1.29, 1.82) is 0 Å². The van der Waals surface area contributed by atoms with Gasteiger partial charge in [-0.15, -0.1) is 0 Å². The highest BCUT2D eigenvalue weighted by Crippen LogP contribution is 1.98. The number of amides is 2. The van der Waals surface area contributed by atoms with Crippen molar-refractivity contribution in [3.8, 4) is 0 Å². The zero-order valence-electron chi connectivity index (χ0n) is 11.1. The van der Waals surface area contributed by atoms with E-state index in [1.165, 1.54) is 0 Å². The van der Waals surface area contributed by atoms with Crippen LogP contribution >= 0.6 is 0 Å². The van der Waals surface area contributed by atoms with Crippen LogP contribution in [-0.4, -0.2) is 36.0 Å². The summed E-state index contributed by atoms with van der Waals surface area (Å²) in [6, 6.07) is 9.23. The maximum atomic E-state index is 11.6. The molecule has 6 nitrogen and oxygen atoms in total. The molecule has 0 heterocycles. The molecule has 108 valence electrons. The van der Waals surface area contributed by atoms with Crippen LogP contribution in [0.25, 0.3) is 0 Å². The lowest BCUT2D eigenvalue weighted by Gasteiger charge is -2.06. The molecule has 0 saturated carbocycles. The number of rotatable bonds is 8. The highest BCUT2D eigenvalue weighted by Gasteiger charge is 2.06. The Bertz CT molecular complexity index is 460. The van der Waals surface area contributed by atoms with Gasteiger partial charge in [-0.25, -0.2) is 0 Å². The number of carboxylic acid groups (broad SMARTS) is 1. The summed E-state index contributed by atoms with van der Waals surface area (Å²) in [4.78, 5) is 33.2. The molecule has 0 aliphatic carbocycles. The molecule has 0 aliphatic heterocycles. The number of carbonyl (C=O) groups excluding carboxylic acids is 2. The van der Waals surface area contributed by atoms with Crippen molar-refractivity contribution in [3.63, 3.8) is 0 Å². The van der Waals surface area contributed by atoms with Gasteiger partial charge in [0.05, 0.1) is 13.0 Å². The average molecular weight is 278 g/mol. The summed E-state index contributed by atoms with van der Waals surface area (Å²) in [5.74, 6) is -1.44. The molecule has 1 aromatic rings. The van der Waals surface area contributed by atoms with E-state index in [-0.39, 0.29) is 31.2 Å². The first kappa shape index (κ1) is 15.7. The number of hydrogen-bond acceptors (Lipinski definition) is 3. The summed E-state index contributed by atoms with van der Waals surface area (Å²) >= 11 is 0. The summed E-state index contributed by atoms with van der Waals surface area (Å²) < 4.78 is 0. The van der Waals surface area contributed by atoms with Crippen LogP contribution < -0.4 is 10.6 Å². The molecule has 0 aliphatic rings. The quantitative estimate of drug-likeness (QED) is 0.597. The predicted octanol–water partition coefficient (Wildman–Crippen LogP) is 0.326. The van der Waals surface area contributed by atoms with Gasteiger partial charge in [0.2, 0.25) is 11.8 Å². The summed E-state index contributed by atoms with van der Waals surface area (Å²) in [7, 11) is 0. The standard InChI is InChI=1S/C14H18N2O4/c17-12(9-11-5-2-1-3-6-11)16-10-13(18)15-8-4-7-14(19)20/h1-3,5-6H,4,7-10H2,(H,15,18)(H,16,17)(H,19,20). The Morgan fingerprint density at radius 3 is 2.35 bits per heavy atom. The zero-order valence-corrected chi connectivity index (χ0v) is 11.1. The van der Waals surface area contributed by atoms with Crippen LogP contribution in [0.4, 0.5) is 0 Å². The van der Waals surface area contributed by atoms with E-state index < -0.39 is 5.97 Å². The summed E-state index contributed by atoms with van der Waals surface area (Å²) in [5, 5.41) is 13.5. The Morgan fingerprint density at radius 1 is 1.00 bits per heavy atom. The number of aliphatic carboxylic acids is 1. The van der Waals surface area contributed by atoms with Crippen LogP contribution in [0.15, 0.2) is 30.3 Å². The number of hydrogen-bond donors (Lipinski definition) is 3. The second-order valence-corrected chi connectivity index (χ2v) is 4.29. The Hall–Kier alpha value is -2.37. The third-order valence-corrected chi connectivity index (χ3v) is 2.54. The first-order valence-corrected chi connectivity index (χ1v) is 6.37. The van der Waals surface area contributed by atoms with Gasteiger partial charge in [-0.05, 0) is 12.0 Å². The van der Waals surface area contributed by atoms with E-state index in [1.54, 1.807) is 0 Å². The van der Waals surface area contributed by atoms with E-state index in [4.69, 9.17) is 5.11 Å². The Kier molecular flexibility index (Phi) is 6.81. The number of benzene rings is 1. The average Bonchev–Trinajstić information content (AvgIpc) is 2.42. The largest absolute Gasteiger partial charge is 0.481 e. The maximum Gasteiger partial charge on any atom is 0.303 e. The number of nitrogens with one attached hydrogen (secondary N) is 2. The van der Waals surface area contributed by atoms with Gasteiger partial charge in [0.1, 0.15) is 0 Å². The zero-order chi connectivity index (χ0) is 14.8. The molecule has 2 amide bonds. The lowest BCUT2D eigenvalue weighted by Crippen LogP contribution is -2.38. The Labute approximate surface area is 117 Å². The molecular formula is C14H18N2O4. The minimum atomic E-state index is -0.893. The van der Waals surface area contributed by atoms with E-state index in [0.29, 0.717) is 13.0 Å². The number of carbonyl (C=O) groups is 3. The second-order valence-electron chi connectivity index (χ2n) is 4.29. The molecular weight excluding hydrogens is 260 g/mol. The smallest absolute Gasteiger partial charge is 0.303 e. The molecule has 0 radical (unpaired) electrons. The monoisotopic (exact) mass is 278 g/mol. The van der Waals surface area contributed by atoms with Crippen LogP contribution in [0, 0.1) is 0 Å². The van der Waals surface area contributed by atoms with E-state index in [2.05, 4.69) is 10.6 Å². The van der Waals surface area contributed by atoms with Crippen molar-refractivity contribution >= 4 is 17.8 Å². The lowest BCUT2D eigenvalue weighted by molar-refractivity contribution is -0.137. The molecule has 6 heteroatoms. The van der Waals surface area contributed by atoms with Crippen molar-refractivity contribution in [3.05, 3.63) is 35.9 Å². The van der Waals surface area contributed by atoms with Gasteiger partial charge in [-0.3, -0.25) is 14.4 Å². The maximum absolute atomic E-state index is 11.6. The summed E-state index contributed by atoms with van der Waals surface area (Å²) in [5.41, 5.74) is 0.881. The second kappa shape index (κ2) is 8.68. The van der Waals surface area contributed by atoms with E-state index in [1.807, 2.05) is 30.3 Å². The van der Waals surface area contributed by atoms with Gasteiger partial charge in [-0.2, -0.15) is 0 Å². The lowest BCUT2D eigenvalue weighted by atomic mass is 10.1. The van der Waals surface area contributed by atoms with Crippen LogP contribution in [0.3, 0.4) is 0 Å². The molecule has 0 saturated heterocycles. The van der Waals surface area contributed by atoms with Crippen LogP contribution in [0.1, 0.15) is 18.4 Å². The highest BCUT2D eigenvalue weighted by atomic mass is 16.4. The molecule has 1 rings (SSSR count). The Balaban J connectivity index is 2.14. The molecule has 20 heavy (non-hydrogen) atoms. The fraction of sp³-hybridized carbons (Fsp3) is 0.357. The minimum Gasteiger partial charge on any atom is -0.481 e. The van der Waals surface area contributed by atoms with Gasteiger partial charge in [-0.1, -0.05) is 30.3 Å². The van der Waals surface area contributed by atoms with E-state index in [0.717, 1.165) is 5.56 Å². The van der Waals surface area contributed by atoms with E-state index >= 15 is 0 Å². The van der Waals surface area contributed by atoms with Gasteiger partial charge < -0.3 is 15.7 Å². The highest BCUT2D eigenvalue weighted by molar-refractivity contribution is 5.85. The Morgan fingerprint density at radius 2 is 1.70 bits per heavy atom. The minimum absolute atomic E-state index is 0.0145. The molecule has 0 bridgehead atoms. The normalized spacial score (nSPS) is 9.80. The first-order valence-electron chi connectivity index (χ1n) is 6.37. The number of carboxylic acids is 1.